The van der Waals surface area contributed by atoms with Crippen molar-refractivity contribution in [3.63, 3.8) is 0 Å². The van der Waals surface area contributed by atoms with Crippen molar-refractivity contribution >= 4 is 26.5 Å². The molecule has 0 heterocycles. The van der Waals surface area contributed by atoms with Gasteiger partial charge in [0.05, 0.1) is 17.8 Å². The van der Waals surface area contributed by atoms with Gasteiger partial charge in [-0.3, -0.25) is 4.79 Å². The number of nitrogens with two attached hydrogens (primary N) is 1. The molecule has 2 atom stereocenters. The molecule has 2 rings (SSSR count). The fourth-order valence-electron chi connectivity index (χ4n) is 2.35. The van der Waals surface area contributed by atoms with E-state index in [1.807, 2.05) is 49.4 Å². The zero-order valence-electron chi connectivity index (χ0n) is 13.3. The topological polar surface area (TPSA) is 89.3 Å². The lowest BCUT2D eigenvalue weighted by molar-refractivity contribution is -0.123. The minimum absolute atomic E-state index is 0.0913. The number of nitrogens with one attached hydrogen (secondary N) is 1. The number of amides is 1. The molecule has 0 aromatic heterocycles. The lowest BCUT2D eigenvalue weighted by Gasteiger charge is -2.18. The first-order chi connectivity index (χ1) is 10.8. The Balaban J connectivity index is 2.01. The number of rotatable bonds is 6. The lowest BCUT2D eigenvalue weighted by atomic mass is 10.0. The van der Waals surface area contributed by atoms with Gasteiger partial charge in [0.25, 0.3) is 0 Å². The van der Waals surface area contributed by atoms with Gasteiger partial charge in [-0.1, -0.05) is 36.4 Å². The summed E-state index contributed by atoms with van der Waals surface area (Å²) < 4.78 is 22.3. The van der Waals surface area contributed by atoms with E-state index >= 15 is 0 Å². The largest absolute Gasteiger partial charge is 0.348 e. The summed E-state index contributed by atoms with van der Waals surface area (Å²) in [5, 5.41) is 5.08. The molecule has 0 saturated heterocycles. The molecule has 2 aromatic carbocycles. The summed E-state index contributed by atoms with van der Waals surface area (Å²) in [5.74, 6) is -0.430. The molecule has 2 unspecified atom stereocenters. The van der Waals surface area contributed by atoms with Crippen LogP contribution in [0.5, 0.6) is 0 Å². The number of fused-ring (bicyclic) bond motifs is 1. The van der Waals surface area contributed by atoms with Crippen molar-refractivity contribution in [2.45, 2.75) is 25.4 Å². The Morgan fingerprint density at radius 3 is 2.48 bits per heavy atom. The first-order valence-corrected chi connectivity index (χ1v) is 9.55. The third kappa shape index (κ3) is 5.04. The van der Waals surface area contributed by atoms with Crippen LogP contribution in [0.15, 0.2) is 42.5 Å². The first-order valence-electron chi connectivity index (χ1n) is 7.48. The number of benzene rings is 2. The fourth-order valence-corrected chi connectivity index (χ4v) is 3.04. The average molecular weight is 334 g/mol. The molecule has 0 bridgehead atoms. The zero-order chi connectivity index (χ0) is 17.0. The Bertz CT molecular complexity index is 802. The van der Waals surface area contributed by atoms with Gasteiger partial charge < -0.3 is 11.1 Å². The third-order valence-corrected chi connectivity index (χ3v) is 4.75. The van der Waals surface area contributed by atoms with Crippen molar-refractivity contribution in [2.24, 2.45) is 5.73 Å². The van der Waals surface area contributed by atoms with Crippen molar-refractivity contribution in [1.82, 2.24) is 5.32 Å². The monoisotopic (exact) mass is 334 g/mol. The molecule has 23 heavy (non-hydrogen) atoms. The Morgan fingerprint density at radius 2 is 1.83 bits per heavy atom. The maximum absolute atomic E-state index is 12.1. The van der Waals surface area contributed by atoms with Gasteiger partial charge in [0.15, 0.2) is 0 Å². The minimum atomic E-state index is -3.12. The number of carbonyl (C=O) groups is 1. The Morgan fingerprint density at radius 1 is 1.17 bits per heavy atom. The normalized spacial score (nSPS) is 14.4. The summed E-state index contributed by atoms with van der Waals surface area (Å²) in [6, 6.07) is 13.0. The van der Waals surface area contributed by atoms with Gasteiger partial charge in [0, 0.05) is 6.26 Å². The molecule has 0 fully saturated rings. The fraction of sp³-hybridized carbons (Fsp3) is 0.353. The van der Waals surface area contributed by atoms with Crippen molar-refractivity contribution < 1.29 is 13.2 Å². The van der Waals surface area contributed by atoms with Crippen LogP contribution in [0.1, 0.15) is 24.9 Å². The predicted octanol–water partition coefficient (Wildman–Crippen LogP) is 1.78. The minimum Gasteiger partial charge on any atom is -0.348 e. The van der Waals surface area contributed by atoms with Crippen molar-refractivity contribution in [3.8, 4) is 0 Å². The first kappa shape index (κ1) is 17.4. The van der Waals surface area contributed by atoms with Crippen LogP contribution in [0.4, 0.5) is 0 Å². The second-order valence-electron chi connectivity index (χ2n) is 5.86. The molecular formula is C17H22N2O3S. The Hall–Kier alpha value is -1.92. The van der Waals surface area contributed by atoms with Gasteiger partial charge in [-0.25, -0.2) is 8.42 Å². The van der Waals surface area contributed by atoms with Gasteiger partial charge in [0.1, 0.15) is 9.84 Å². The summed E-state index contributed by atoms with van der Waals surface area (Å²) in [4.78, 5) is 12.1. The van der Waals surface area contributed by atoms with Gasteiger partial charge in [-0.2, -0.15) is 0 Å². The number of sulfone groups is 1. The Labute approximate surface area is 136 Å². The highest BCUT2D eigenvalue weighted by Crippen LogP contribution is 2.20. The summed E-state index contributed by atoms with van der Waals surface area (Å²) in [6.45, 7) is 1.88. The zero-order valence-corrected chi connectivity index (χ0v) is 14.1. The molecule has 6 heteroatoms. The maximum Gasteiger partial charge on any atom is 0.237 e. The molecule has 124 valence electrons. The van der Waals surface area contributed by atoms with Crippen molar-refractivity contribution in [2.75, 3.05) is 12.0 Å². The average Bonchev–Trinajstić information content (AvgIpc) is 2.51. The van der Waals surface area contributed by atoms with Crippen LogP contribution in [0.3, 0.4) is 0 Å². The van der Waals surface area contributed by atoms with Crippen molar-refractivity contribution in [3.05, 3.63) is 48.0 Å². The van der Waals surface area contributed by atoms with E-state index in [4.69, 9.17) is 5.73 Å². The molecule has 0 aliphatic rings. The molecular weight excluding hydrogens is 312 g/mol. The van der Waals surface area contributed by atoms with Gasteiger partial charge in [-0.05, 0) is 35.7 Å². The molecule has 0 saturated carbocycles. The molecule has 0 spiro atoms. The van der Waals surface area contributed by atoms with Crippen molar-refractivity contribution in [1.29, 1.82) is 0 Å². The highest BCUT2D eigenvalue weighted by atomic mass is 32.2. The molecule has 5 nitrogen and oxygen atoms in total. The number of carbonyl (C=O) groups excluding carboxylic acids is 1. The van der Waals surface area contributed by atoms with E-state index in [0.29, 0.717) is 0 Å². The van der Waals surface area contributed by atoms with Crippen LogP contribution in [-0.4, -0.2) is 32.4 Å². The third-order valence-electron chi connectivity index (χ3n) is 3.77. The van der Waals surface area contributed by atoms with E-state index in [1.54, 1.807) is 0 Å². The number of hydrogen-bond acceptors (Lipinski definition) is 4. The summed E-state index contributed by atoms with van der Waals surface area (Å²) in [5.41, 5.74) is 6.74. The second-order valence-corrected chi connectivity index (χ2v) is 8.12. The van der Waals surface area contributed by atoms with Crippen LogP contribution < -0.4 is 11.1 Å². The van der Waals surface area contributed by atoms with E-state index in [0.717, 1.165) is 22.6 Å². The smallest absolute Gasteiger partial charge is 0.237 e. The lowest BCUT2D eigenvalue weighted by Crippen LogP contribution is -2.42. The van der Waals surface area contributed by atoms with Gasteiger partial charge >= 0.3 is 0 Å². The highest BCUT2D eigenvalue weighted by Gasteiger charge is 2.18. The standard InChI is InChI=1S/C17H22N2O3S/c1-12(19-17(20)16(18)9-10-23(2,21)22)14-8-7-13-5-3-4-6-15(13)11-14/h3-8,11-12,16H,9-10,18H2,1-2H3,(H,19,20). The van der Waals surface area contributed by atoms with Gasteiger partial charge in [0.2, 0.25) is 5.91 Å². The number of hydrogen-bond donors (Lipinski definition) is 2. The molecule has 2 aromatic rings. The second kappa shape index (κ2) is 7.10. The van der Waals surface area contributed by atoms with Crippen LogP contribution in [0.25, 0.3) is 10.8 Å². The van der Waals surface area contributed by atoms with Crippen LogP contribution in [-0.2, 0) is 14.6 Å². The quantitative estimate of drug-likeness (QED) is 0.843. The molecule has 1 amide bonds. The SMILES string of the molecule is CC(NC(=O)C(N)CCS(C)(=O)=O)c1ccc2ccccc2c1. The molecule has 0 aliphatic heterocycles. The summed E-state index contributed by atoms with van der Waals surface area (Å²) in [6.07, 6.45) is 1.25. The maximum atomic E-state index is 12.1. The Kier molecular flexibility index (Phi) is 5.38. The summed E-state index contributed by atoms with van der Waals surface area (Å²) >= 11 is 0. The van der Waals surface area contributed by atoms with Gasteiger partial charge in [-0.15, -0.1) is 0 Å². The predicted molar refractivity (Wildman–Crippen MR) is 92.8 cm³/mol. The molecule has 0 radical (unpaired) electrons. The van der Waals surface area contributed by atoms with E-state index in [-0.39, 0.29) is 24.1 Å². The van der Waals surface area contributed by atoms with E-state index in [1.165, 1.54) is 0 Å². The van der Waals surface area contributed by atoms with E-state index < -0.39 is 15.9 Å². The molecule has 3 N–H and O–H groups in total. The van der Waals surface area contributed by atoms with Crippen LogP contribution in [0, 0.1) is 0 Å². The summed E-state index contributed by atoms with van der Waals surface area (Å²) in [7, 11) is -3.12. The van der Waals surface area contributed by atoms with Crippen LogP contribution >= 0.6 is 0 Å². The highest BCUT2D eigenvalue weighted by molar-refractivity contribution is 7.90. The van der Waals surface area contributed by atoms with Crippen LogP contribution in [0.2, 0.25) is 0 Å². The van der Waals surface area contributed by atoms with E-state index in [9.17, 15) is 13.2 Å². The van der Waals surface area contributed by atoms with E-state index in [2.05, 4.69) is 5.32 Å². The molecule has 0 aliphatic carbocycles.